The molecule has 1 N–H and O–H groups in total. The van der Waals surface area contributed by atoms with Crippen LogP contribution in [-0.2, 0) is 22.2 Å². The molecule has 0 saturated heterocycles. The van der Waals surface area contributed by atoms with Crippen LogP contribution in [0.1, 0.15) is 65.4 Å². The summed E-state index contributed by atoms with van der Waals surface area (Å²) in [4.78, 5) is 12.0. The topological polar surface area (TPSA) is 49.4 Å². The molecule has 0 spiro atoms. The van der Waals surface area contributed by atoms with E-state index in [1.165, 1.54) is 18.4 Å². The standard InChI is InChI=1S/C20H34N2O2S/c1-6-7-10-17-12-14-18(15-13-17)21-19(23)11-8-9-16-22(5)25(24)20(2,3)4/h12-15H,6-11,16H2,1-5H3,(H,21,23). The van der Waals surface area contributed by atoms with Crippen molar-refractivity contribution in [2.24, 2.45) is 0 Å². The number of nitrogens with zero attached hydrogens (tertiary/aromatic N) is 1. The summed E-state index contributed by atoms with van der Waals surface area (Å²) < 4.78 is 13.8. The van der Waals surface area contributed by atoms with Crippen LogP contribution < -0.4 is 5.32 Å². The number of carbonyl (C=O) groups excluding carboxylic acids is 1. The molecule has 0 bridgehead atoms. The van der Waals surface area contributed by atoms with Crippen LogP contribution in [0.25, 0.3) is 0 Å². The fraction of sp³-hybridized carbons (Fsp3) is 0.650. The van der Waals surface area contributed by atoms with Crippen molar-refractivity contribution in [3.05, 3.63) is 29.8 Å². The molecular formula is C20H34N2O2S. The number of amides is 1. The summed E-state index contributed by atoms with van der Waals surface area (Å²) in [7, 11) is 0.877. The lowest BCUT2D eigenvalue weighted by atomic mass is 10.1. The highest BCUT2D eigenvalue weighted by molar-refractivity contribution is 7.84. The number of carbonyl (C=O) groups is 1. The van der Waals surface area contributed by atoms with Gasteiger partial charge in [-0.15, -0.1) is 0 Å². The molecular weight excluding hydrogens is 332 g/mol. The van der Waals surface area contributed by atoms with Crippen LogP contribution in [0.5, 0.6) is 0 Å². The zero-order chi connectivity index (χ0) is 18.9. The van der Waals surface area contributed by atoms with Gasteiger partial charge in [0.05, 0.1) is 15.7 Å². The second kappa shape index (κ2) is 10.7. The molecule has 1 unspecified atom stereocenters. The number of anilines is 1. The molecule has 0 saturated carbocycles. The van der Waals surface area contributed by atoms with E-state index in [9.17, 15) is 9.00 Å². The van der Waals surface area contributed by atoms with E-state index >= 15 is 0 Å². The lowest BCUT2D eigenvalue weighted by molar-refractivity contribution is -0.116. The Balaban J connectivity index is 2.28. The van der Waals surface area contributed by atoms with Crippen LogP contribution in [0.2, 0.25) is 0 Å². The molecule has 1 aromatic carbocycles. The van der Waals surface area contributed by atoms with Crippen molar-refractivity contribution in [2.75, 3.05) is 18.9 Å². The summed E-state index contributed by atoms with van der Waals surface area (Å²) in [5, 5.41) is 2.95. The van der Waals surface area contributed by atoms with Gasteiger partial charge in [-0.25, -0.2) is 8.51 Å². The SMILES string of the molecule is CCCCc1ccc(NC(=O)CCCCN(C)S(=O)C(C)(C)C)cc1. The highest BCUT2D eigenvalue weighted by Gasteiger charge is 2.23. The van der Waals surface area contributed by atoms with Gasteiger partial charge < -0.3 is 5.32 Å². The summed E-state index contributed by atoms with van der Waals surface area (Å²) in [6, 6.07) is 8.12. The fourth-order valence-corrected chi connectivity index (χ4v) is 3.76. The highest BCUT2D eigenvalue weighted by atomic mass is 32.2. The first kappa shape index (κ1) is 21.8. The quantitative estimate of drug-likeness (QED) is 0.618. The largest absolute Gasteiger partial charge is 0.326 e. The zero-order valence-corrected chi connectivity index (χ0v) is 17.2. The van der Waals surface area contributed by atoms with E-state index in [2.05, 4.69) is 24.4 Å². The molecule has 0 radical (unpaired) electrons. The number of aryl methyl sites for hydroxylation is 1. The van der Waals surface area contributed by atoms with Crippen LogP contribution in [0.15, 0.2) is 24.3 Å². The van der Waals surface area contributed by atoms with E-state index in [0.29, 0.717) is 6.42 Å². The van der Waals surface area contributed by atoms with E-state index in [4.69, 9.17) is 0 Å². The minimum absolute atomic E-state index is 0.0425. The molecule has 0 aromatic heterocycles. The zero-order valence-electron chi connectivity index (χ0n) is 16.4. The van der Waals surface area contributed by atoms with E-state index in [1.54, 1.807) is 0 Å². The first-order chi connectivity index (χ1) is 11.7. The number of nitrogens with one attached hydrogen (secondary N) is 1. The highest BCUT2D eigenvalue weighted by Crippen LogP contribution is 2.15. The number of unbranched alkanes of at least 4 members (excludes halogenated alkanes) is 2. The lowest BCUT2D eigenvalue weighted by Crippen LogP contribution is -2.35. The van der Waals surface area contributed by atoms with Gasteiger partial charge in [0, 0.05) is 18.7 Å². The van der Waals surface area contributed by atoms with Gasteiger partial charge in [-0.3, -0.25) is 4.79 Å². The second-order valence-corrected chi connectivity index (χ2v) is 9.87. The van der Waals surface area contributed by atoms with Crippen molar-refractivity contribution >= 4 is 22.6 Å². The van der Waals surface area contributed by atoms with Crippen molar-refractivity contribution in [3.63, 3.8) is 0 Å². The van der Waals surface area contributed by atoms with Gasteiger partial charge in [-0.1, -0.05) is 25.5 Å². The maximum absolute atomic E-state index is 12.2. The maximum atomic E-state index is 12.2. The molecule has 1 aromatic rings. The Hall–Kier alpha value is -1.20. The minimum Gasteiger partial charge on any atom is -0.326 e. The number of rotatable bonds is 10. The van der Waals surface area contributed by atoms with Crippen molar-refractivity contribution in [3.8, 4) is 0 Å². The van der Waals surface area contributed by atoms with Crippen molar-refractivity contribution in [2.45, 2.75) is 71.0 Å². The Bertz CT molecular complexity index is 550. The third kappa shape index (κ3) is 8.63. The maximum Gasteiger partial charge on any atom is 0.224 e. The van der Waals surface area contributed by atoms with Gasteiger partial charge in [0.2, 0.25) is 5.91 Å². The number of benzene rings is 1. The molecule has 0 aliphatic heterocycles. The molecule has 1 rings (SSSR count). The van der Waals surface area contributed by atoms with Crippen LogP contribution >= 0.6 is 0 Å². The van der Waals surface area contributed by atoms with Gasteiger partial charge in [0.25, 0.3) is 0 Å². The Labute approximate surface area is 156 Å². The van der Waals surface area contributed by atoms with Gasteiger partial charge in [0.1, 0.15) is 0 Å². The summed E-state index contributed by atoms with van der Waals surface area (Å²) in [6.07, 6.45) is 5.63. The van der Waals surface area contributed by atoms with Crippen LogP contribution in [0, 0.1) is 0 Å². The van der Waals surface area contributed by atoms with Crippen molar-refractivity contribution < 1.29 is 9.00 Å². The Morgan fingerprint density at radius 1 is 1.12 bits per heavy atom. The predicted octanol–water partition coefficient (Wildman–Crippen LogP) is 4.53. The van der Waals surface area contributed by atoms with Gasteiger partial charge in [-0.2, -0.15) is 0 Å². The predicted molar refractivity (Wildman–Crippen MR) is 108 cm³/mol. The number of hydrogen-bond donors (Lipinski definition) is 1. The summed E-state index contributed by atoms with van der Waals surface area (Å²) >= 11 is 0. The smallest absolute Gasteiger partial charge is 0.224 e. The minimum atomic E-state index is -1.000. The first-order valence-electron chi connectivity index (χ1n) is 9.26. The van der Waals surface area contributed by atoms with Gasteiger partial charge in [-0.05, 0) is 71.2 Å². The molecule has 142 valence electrons. The molecule has 25 heavy (non-hydrogen) atoms. The molecule has 0 aliphatic rings. The summed E-state index contributed by atoms with van der Waals surface area (Å²) in [5.41, 5.74) is 2.17. The van der Waals surface area contributed by atoms with E-state index < -0.39 is 11.0 Å². The third-order valence-corrected chi connectivity index (χ3v) is 5.79. The van der Waals surface area contributed by atoms with Crippen LogP contribution in [0.3, 0.4) is 0 Å². The molecule has 0 heterocycles. The monoisotopic (exact) mass is 366 g/mol. The number of hydrogen-bond acceptors (Lipinski definition) is 2. The summed E-state index contributed by atoms with van der Waals surface area (Å²) in [5.74, 6) is 0.0425. The molecule has 1 amide bonds. The summed E-state index contributed by atoms with van der Waals surface area (Å²) in [6.45, 7) is 8.85. The van der Waals surface area contributed by atoms with Crippen LogP contribution in [-0.4, -0.2) is 32.8 Å². The van der Waals surface area contributed by atoms with E-state index in [-0.39, 0.29) is 10.7 Å². The van der Waals surface area contributed by atoms with Gasteiger partial charge >= 0.3 is 0 Å². The normalized spacial score (nSPS) is 13.0. The van der Waals surface area contributed by atoms with E-state index in [1.807, 2.05) is 44.3 Å². The average Bonchev–Trinajstić information content (AvgIpc) is 2.56. The lowest BCUT2D eigenvalue weighted by Gasteiger charge is -2.25. The Kier molecular flexibility index (Phi) is 9.36. The second-order valence-electron chi connectivity index (χ2n) is 7.52. The van der Waals surface area contributed by atoms with Crippen molar-refractivity contribution in [1.29, 1.82) is 0 Å². The molecule has 0 aliphatic carbocycles. The average molecular weight is 367 g/mol. The fourth-order valence-electron chi connectivity index (χ4n) is 2.53. The molecule has 0 fully saturated rings. The van der Waals surface area contributed by atoms with Crippen LogP contribution in [0.4, 0.5) is 5.69 Å². The van der Waals surface area contributed by atoms with Crippen molar-refractivity contribution in [1.82, 2.24) is 4.31 Å². The van der Waals surface area contributed by atoms with E-state index in [0.717, 1.165) is 31.5 Å². The van der Waals surface area contributed by atoms with Gasteiger partial charge in [0.15, 0.2) is 0 Å². The molecule has 1 atom stereocenters. The Morgan fingerprint density at radius 2 is 1.76 bits per heavy atom. The Morgan fingerprint density at radius 3 is 2.32 bits per heavy atom. The first-order valence-corrected chi connectivity index (χ1v) is 10.4. The third-order valence-electron chi connectivity index (χ3n) is 3.99. The molecule has 5 heteroatoms. The molecule has 4 nitrogen and oxygen atoms in total.